The van der Waals surface area contributed by atoms with E-state index in [-0.39, 0.29) is 17.6 Å². The number of carbonyl (C=O) groups excluding carboxylic acids is 2. The molecule has 1 aromatic heterocycles. The van der Waals surface area contributed by atoms with E-state index in [2.05, 4.69) is 10.3 Å². The number of benzene rings is 2. The second kappa shape index (κ2) is 7.48. The van der Waals surface area contributed by atoms with Gasteiger partial charge in [-0.1, -0.05) is 43.3 Å². The summed E-state index contributed by atoms with van der Waals surface area (Å²) in [7, 11) is 0. The monoisotopic (exact) mass is 346 g/mol. The Balaban J connectivity index is 1.96. The summed E-state index contributed by atoms with van der Waals surface area (Å²) in [5, 5.41) is 3.97. The molecule has 0 aliphatic carbocycles. The minimum absolute atomic E-state index is 0.121. The van der Waals surface area contributed by atoms with Crippen LogP contribution in [0.4, 0.5) is 5.69 Å². The second-order valence-corrected chi connectivity index (χ2v) is 6.66. The first kappa shape index (κ1) is 17.8. The molecule has 3 rings (SSSR count). The van der Waals surface area contributed by atoms with Crippen molar-refractivity contribution in [2.75, 3.05) is 5.32 Å². The predicted octanol–water partition coefficient (Wildman–Crippen LogP) is 4.56. The molecule has 0 radical (unpaired) electrons. The van der Waals surface area contributed by atoms with Crippen LogP contribution in [0.25, 0.3) is 10.9 Å². The molecule has 0 spiro atoms. The van der Waals surface area contributed by atoms with Crippen LogP contribution in [0.5, 0.6) is 0 Å². The van der Waals surface area contributed by atoms with Crippen LogP contribution < -0.4 is 5.32 Å². The molecular formula is C22H22N2O2. The van der Waals surface area contributed by atoms with Crippen molar-refractivity contribution in [2.24, 2.45) is 5.92 Å². The molecule has 0 saturated heterocycles. The summed E-state index contributed by atoms with van der Waals surface area (Å²) < 4.78 is 0. The number of hydrogen-bond acceptors (Lipinski definition) is 3. The number of aromatic nitrogens is 1. The average molecular weight is 346 g/mol. The molecule has 0 aliphatic rings. The Kier molecular flexibility index (Phi) is 5.12. The molecule has 0 saturated carbocycles. The molecule has 1 N–H and O–H groups in total. The van der Waals surface area contributed by atoms with E-state index in [1.807, 2.05) is 62.4 Å². The normalized spacial score (nSPS) is 12.0. The predicted molar refractivity (Wildman–Crippen MR) is 104 cm³/mol. The van der Waals surface area contributed by atoms with Gasteiger partial charge in [-0.15, -0.1) is 0 Å². The Hall–Kier alpha value is -3.01. The first-order valence-corrected chi connectivity index (χ1v) is 8.71. The van der Waals surface area contributed by atoms with Gasteiger partial charge in [0.25, 0.3) is 5.91 Å². The number of Topliss-reactive ketones (excluding diaryl/α,β-unsaturated/α-hetero) is 1. The fourth-order valence-corrected chi connectivity index (χ4v) is 3.09. The maximum atomic E-state index is 13.0. The van der Waals surface area contributed by atoms with E-state index < -0.39 is 0 Å². The maximum Gasteiger partial charge on any atom is 0.256 e. The number of amides is 1. The Bertz CT molecular complexity index is 974. The third-order valence-corrected chi connectivity index (χ3v) is 4.69. The van der Waals surface area contributed by atoms with E-state index in [1.165, 1.54) is 0 Å². The lowest BCUT2D eigenvalue weighted by Crippen LogP contribution is -2.19. The van der Waals surface area contributed by atoms with Crippen molar-refractivity contribution in [3.8, 4) is 0 Å². The Morgan fingerprint density at radius 1 is 1.08 bits per heavy atom. The standard InChI is InChI=1S/C22H22N2O2/c1-14-7-4-9-18(13-15(2)16(3)25)20(14)22(26)24-19-11-5-8-17-10-6-12-23-21(17)19/h4-12,15H,13H2,1-3H3,(H,24,26). The molecule has 4 heteroatoms. The number of carbonyl (C=O) groups is 2. The highest BCUT2D eigenvalue weighted by molar-refractivity contribution is 6.09. The average Bonchev–Trinajstić information content (AvgIpc) is 2.62. The van der Waals surface area contributed by atoms with Gasteiger partial charge in [-0.25, -0.2) is 0 Å². The van der Waals surface area contributed by atoms with Gasteiger partial charge in [0.15, 0.2) is 0 Å². The lowest BCUT2D eigenvalue weighted by Gasteiger charge is -2.15. The topological polar surface area (TPSA) is 59.1 Å². The first-order chi connectivity index (χ1) is 12.5. The van der Waals surface area contributed by atoms with Crippen molar-refractivity contribution in [2.45, 2.75) is 27.2 Å². The number of nitrogens with zero attached hydrogens (tertiary/aromatic N) is 1. The molecule has 132 valence electrons. The largest absolute Gasteiger partial charge is 0.320 e. The summed E-state index contributed by atoms with van der Waals surface area (Å²) in [4.78, 5) is 29.1. The molecule has 2 aromatic carbocycles. The number of hydrogen-bond donors (Lipinski definition) is 1. The highest BCUT2D eigenvalue weighted by atomic mass is 16.1. The summed E-state index contributed by atoms with van der Waals surface area (Å²) in [6.45, 7) is 5.39. The Labute approximate surface area is 153 Å². The maximum absolute atomic E-state index is 13.0. The van der Waals surface area contributed by atoms with Crippen molar-refractivity contribution < 1.29 is 9.59 Å². The minimum Gasteiger partial charge on any atom is -0.320 e. The Morgan fingerprint density at radius 3 is 2.58 bits per heavy atom. The van der Waals surface area contributed by atoms with E-state index >= 15 is 0 Å². The molecule has 0 bridgehead atoms. The number of nitrogens with one attached hydrogen (secondary N) is 1. The van der Waals surface area contributed by atoms with Crippen molar-refractivity contribution in [1.29, 1.82) is 0 Å². The van der Waals surface area contributed by atoms with E-state index in [1.54, 1.807) is 13.1 Å². The molecule has 1 unspecified atom stereocenters. The number of pyridine rings is 1. The number of anilines is 1. The van der Waals surface area contributed by atoms with Crippen LogP contribution in [0.3, 0.4) is 0 Å². The number of para-hydroxylation sites is 1. The van der Waals surface area contributed by atoms with Gasteiger partial charge >= 0.3 is 0 Å². The van der Waals surface area contributed by atoms with Gasteiger partial charge in [0.1, 0.15) is 5.78 Å². The van der Waals surface area contributed by atoms with E-state index in [0.717, 1.165) is 22.0 Å². The number of fused-ring (bicyclic) bond motifs is 1. The second-order valence-electron chi connectivity index (χ2n) is 6.66. The zero-order valence-corrected chi connectivity index (χ0v) is 15.2. The fourth-order valence-electron chi connectivity index (χ4n) is 3.09. The summed E-state index contributed by atoms with van der Waals surface area (Å²) in [6, 6.07) is 15.3. The van der Waals surface area contributed by atoms with Crippen LogP contribution in [0.1, 0.15) is 35.3 Å². The lowest BCUT2D eigenvalue weighted by molar-refractivity contribution is -0.120. The lowest BCUT2D eigenvalue weighted by atomic mass is 9.92. The third kappa shape index (κ3) is 3.64. The molecular weight excluding hydrogens is 324 g/mol. The molecule has 1 amide bonds. The van der Waals surface area contributed by atoms with Gasteiger partial charge in [-0.05, 0) is 43.5 Å². The van der Waals surface area contributed by atoms with E-state index in [0.29, 0.717) is 17.7 Å². The smallest absolute Gasteiger partial charge is 0.256 e. The molecule has 0 fully saturated rings. The van der Waals surface area contributed by atoms with Gasteiger partial charge < -0.3 is 5.32 Å². The van der Waals surface area contributed by atoms with Gasteiger partial charge in [0.05, 0.1) is 11.2 Å². The van der Waals surface area contributed by atoms with Gasteiger partial charge in [-0.2, -0.15) is 0 Å². The summed E-state index contributed by atoms with van der Waals surface area (Å²) in [5.74, 6) is -0.175. The SMILES string of the molecule is CC(=O)C(C)Cc1cccc(C)c1C(=O)Nc1cccc2cccnc12. The van der Waals surface area contributed by atoms with Crippen LogP contribution in [-0.4, -0.2) is 16.7 Å². The van der Waals surface area contributed by atoms with Crippen molar-refractivity contribution in [3.63, 3.8) is 0 Å². The van der Waals surface area contributed by atoms with Crippen LogP contribution in [0.15, 0.2) is 54.7 Å². The van der Waals surface area contributed by atoms with Crippen LogP contribution in [0.2, 0.25) is 0 Å². The first-order valence-electron chi connectivity index (χ1n) is 8.71. The summed E-state index contributed by atoms with van der Waals surface area (Å²) in [6.07, 6.45) is 2.26. The number of ketones is 1. The Morgan fingerprint density at radius 2 is 1.81 bits per heavy atom. The zero-order valence-electron chi connectivity index (χ0n) is 15.2. The molecule has 1 heterocycles. The van der Waals surface area contributed by atoms with Gasteiger partial charge in [-0.3, -0.25) is 14.6 Å². The summed E-state index contributed by atoms with van der Waals surface area (Å²) in [5.41, 5.74) is 3.85. The number of aryl methyl sites for hydroxylation is 1. The van der Waals surface area contributed by atoms with Crippen molar-refractivity contribution >= 4 is 28.3 Å². The van der Waals surface area contributed by atoms with E-state index in [9.17, 15) is 9.59 Å². The fraction of sp³-hybridized carbons (Fsp3) is 0.227. The van der Waals surface area contributed by atoms with Crippen LogP contribution in [-0.2, 0) is 11.2 Å². The van der Waals surface area contributed by atoms with Gasteiger partial charge in [0, 0.05) is 23.1 Å². The highest BCUT2D eigenvalue weighted by Crippen LogP contribution is 2.24. The highest BCUT2D eigenvalue weighted by Gasteiger charge is 2.18. The molecule has 26 heavy (non-hydrogen) atoms. The van der Waals surface area contributed by atoms with E-state index in [4.69, 9.17) is 0 Å². The van der Waals surface area contributed by atoms with Crippen LogP contribution >= 0.6 is 0 Å². The van der Waals surface area contributed by atoms with Crippen LogP contribution in [0, 0.1) is 12.8 Å². The summed E-state index contributed by atoms with van der Waals surface area (Å²) >= 11 is 0. The molecule has 3 aromatic rings. The van der Waals surface area contributed by atoms with Crippen molar-refractivity contribution in [3.05, 3.63) is 71.4 Å². The molecule has 4 nitrogen and oxygen atoms in total. The molecule has 0 aliphatic heterocycles. The zero-order chi connectivity index (χ0) is 18.7. The minimum atomic E-state index is -0.174. The quantitative estimate of drug-likeness (QED) is 0.736. The number of rotatable bonds is 5. The third-order valence-electron chi connectivity index (χ3n) is 4.69. The molecule has 1 atom stereocenters. The van der Waals surface area contributed by atoms with Gasteiger partial charge in [0.2, 0.25) is 0 Å². The van der Waals surface area contributed by atoms with Crippen molar-refractivity contribution in [1.82, 2.24) is 4.98 Å².